The van der Waals surface area contributed by atoms with Gasteiger partial charge >= 0.3 is 12.1 Å². The SMILES string of the molecule is CCOc1cc(O[C@@H]2C[C@@H](C(=O)N[C@]3(C(=O)O)C[C@H]3CC)N(C(=O)[C@@H](NC(=O)O[C@H]3CC[C@@H](C)C3)C(C)(C)C)C2)c2ccc(OCCN3CCOCC3)c(Cl)c2n1. The van der Waals surface area contributed by atoms with Crippen LogP contribution in [-0.2, 0) is 23.9 Å². The van der Waals surface area contributed by atoms with Crippen LogP contribution in [0.1, 0.15) is 80.1 Å². The summed E-state index contributed by atoms with van der Waals surface area (Å²) in [6, 6.07) is 3.05. The lowest BCUT2D eigenvalue weighted by atomic mass is 9.85. The predicted molar refractivity (Wildman–Crippen MR) is 212 cm³/mol. The number of morpholine rings is 1. The fraction of sp³-hybridized carbons (Fsp3) is 0.683. The number of fused-ring (bicyclic) bond motifs is 1. The molecule has 1 aromatic heterocycles. The molecule has 4 aliphatic rings. The molecule has 7 atom stereocenters. The third-order valence-electron chi connectivity index (χ3n) is 11.6. The first-order chi connectivity index (χ1) is 27.1. The zero-order chi connectivity index (χ0) is 41.1. The van der Waals surface area contributed by atoms with Crippen LogP contribution in [0.25, 0.3) is 10.9 Å². The van der Waals surface area contributed by atoms with Crippen molar-refractivity contribution < 1.29 is 48.0 Å². The number of benzene rings is 1. The molecule has 314 valence electrons. The van der Waals surface area contributed by atoms with E-state index >= 15 is 0 Å². The lowest BCUT2D eigenvalue weighted by Gasteiger charge is -2.35. The summed E-state index contributed by atoms with van der Waals surface area (Å²) in [5.74, 6) is -0.909. The highest BCUT2D eigenvalue weighted by molar-refractivity contribution is 6.36. The quantitative estimate of drug-likeness (QED) is 0.219. The summed E-state index contributed by atoms with van der Waals surface area (Å²) in [5.41, 5.74) is -1.79. The molecule has 3 amide bonds. The first-order valence-corrected chi connectivity index (χ1v) is 20.7. The van der Waals surface area contributed by atoms with E-state index in [1.807, 2.05) is 34.6 Å². The van der Waals surface area contributed by atoms with E-state index in [0.717, 1.165) is 32.4 Å². The number of aliphatic carboxylic acids is 1. The molecule has 15 nitrogen and oxygen atoms in total. The van der Waals surface area contributed by atoms with E-state index < -0.39 is 53.0 Å². The van der Waals surface area contributed by atoms with Gasteiger partial charge in [0, 0.05) is 37.5 Å². The van der Waals surface area contributed by atoms with Gasteiger partial charge in [0.2, 0.25) is 17.7 Å². The lowest BCUT2D eigenvalue weighted by Crippen LogP contribution is -2.59. The van der Waals surface area contributed by atoms with Gasteiger partial charge in [0.15, 0.2) is 0 Å². The molecular weight excluding hydrogens is 758 g/mol. The maximum Gasteiger partial charge on any atom is 0.408 e. The molecule has 0 unspecified atom stereocenters. The number of rotatable bonds is 15. The minimum Gasteiger partial charge on any atom is -0.491 e. The van der Waals surface area contributed by atoms with Gasteiger partial charge in [-0.1, -0.05) is 52.6 Å². The van der Waals surface area contributed by atoms with E-state index in [1.165, 1.54) is 4.90 Å². The average molecular weight is 816 g/mol. The Morgan fingerprint density at radius 1 is 1.07 bits per heavy atom. The Kier molecular flexibility index (Phi) is 13.3. The Hall–Kier alpha value is -4.08. The van der Waals surface area contributed by atoms with Crippen molar-refractivity contribution in [1.82, 2.24) is 25.4 Å². The highest BCUT2D eigenvalue weighted by Crippen LogP contribution is 2.46. The third kappa shape index (κ3) is 9.80. The van der Waals surface area contributed by atoms with Crippen LogP contribution in [0, 0.1) is 17.3 Å². The number of nitrogens with zero attached hydrogens (tertiary/aromatic N) is 3. The van der Waals surface area contributed by atoms with Crippen molar-refractivity contribution in [3.63, 3.8) is 0 Å². The number of hydrogen-bond acceptors (Lipinski definition) is 11. The van der Waals surface area contributed by atoms with E-state index in [0.29, 0.717) is 74.1 Å². The first-order valence-electron chi connectivity index (χ1n) is 20.3. The van der Waals surface area contributed by atoms with Gasteiger partial charge in [-0.25, -0.2) is 14.6 Å². The number of carboxylic acids is 1. The number of alkyl carbamates (subject to hydrolysis) is 1. The highest BCUT2D eigenvalue weighted by Gasteiger charge is 2.61. The number of carboxylic acid groups (broad SMARTS) is 1. The van der Waals surface area contributed by atoms with Crippen molar-refractivity contribution in [1.29, 1.82) is 0 Å². The molecule has 0 radical (unpaired) electrons. The number of ether oxygens (including phenoxy) is 5. The van der Waals surface area contributed by atoms with Gasteiger partial charge in [0.05, 0.1) is 26.4 Å². The van der Waals surface area contributed by atoms with Gasteiger partial charge in [-0.2, -0.15) is 0 Å². The normalized spacial score (nSPS) is 26.8. The van der Waals surface area contributed by atoms with Crippen molar-refractivity contribution >= 4 is 46.4 Å². The van der Waals surface area contributed by atoms with Crippen molar-refractivity contribution in [3.8, 4) is 17.4 Å². The van der Waals surface area contributed by atoms with Crippen molar-refractivity contribution in [2.75, 3.05) is 52.6 Å². The number of carbonyl (C=O) groups excluding carboxylic acids is 3. The van der Waals surface area contributed by atoms with Crippen molar-refractivity contribution in [3.05, 3.63) is 23.2 Å². The van der Waals surface area contributed by atoms with Gasteiger partial charge in [-0.15, -0.1) is 0 Å². The molecule has 2 aliphatic heterocycles. The van der Waals surface area contributed by atoms with Crippen molar-refractivity contribution in [2.45, 2.75) is 110 Å². The van der Waals surface area contributed by atoms with Crippen LogP contribution in [0.4, 0.5) is 4.79 Å². The van der Waals surface area contributed by atoms with Gasteiger partial charge in [0.25, 0.3) is 0 Å². The fourth-order valence-electron chi connectivity index (χ4n) is 8.26. The Morgan fingerprint density at radius 2 is 1.82 bits per heavy atom. The van der Waals surface area contributed by atoms with E-state index in [-0.39, 0.29) is 35.9 Å². The molecule has 3 heterocycles. The van der Waals surface area contributed by atoms with Crippen molar-refractivity contribution in [2.24, 2.45) is 17.3 Å². The summed E-state index contributed by atoms with van der Waals surface area (Å²) in [7, 11) is 0. The number of carbonyl (C=O) groups is 4. The number of halogens is 1. The molecule has 57 heavy (non-hydrogen) atoms. The van der Waals surface area contributed by atoms with Crippen LogP contribution in [0.3, 0.4) is 0 Å². The second-order valence-electron chi connectivity index (χ2n) is 16.9. The molecule has 16 heteroatoms. The molecule has 0 bridgehead atoms. The van der Waals surface area contributed by atoms with E-state index in [9.17, 15) is 24.3 Å². The molecule has 2 aromatic rings. The maximum atomic E-state index is 14.6. The number of aromatic nitrogens is 1. The first kappa shape index (κ1) is 42.5. The maximum absolute atomic E-state index is 14.6. The Morgan fingerprint density at radius 3 is 2.46 bits per heavy atom. The number of likely N-dealkylation sites (tertiary alicyclic amines) is 1. The molecule has 2 saturated carbocycles. The van der Waals surface area contributed by atoms with Crippen LogP contribution in [0.5, 0.6) is 17.4 Å². The molecule has 0 spiro atoms. The summed E-state index contributed by atoms with van der Waals surface area (Å²) in [6.45, 7) is 15.8. The van der Waals surface area contributed by atoms with E-state index in [1.54, 1.807) is 18.2 Å². The highest BCUT2D eigenvalue weighted by atomic mass is 35.5. The number of nitrogens with one attached hydrogen (secondary N) is 2. The van der Waals surface area contributed by atoms with Gasteiger partial charge in [-0.05, 0) is 62.0 Å². The average Bonchev–Trinajstić information content (AvgIpc) is 3.47. The van der Waals surface area contributed by atoms with E-state index in [4.69, 9.17) is 35.3 Å². The Bertz CT molecular complexity index is 1800. The molecule has 4 fully saturated rings. The largest absolute Gasteiger partial charge is 0.491 e. The number of amides is 3. The smallest absolute Gasteiger partial charge is 0.408 e. The minimum absolute atomic E-state index is 0.0259. The number of hydrogen-bond donors (Lipinski definition) is 3. The zero-order valence-electron chi connectivity index (χ0n) is 33.9. The van der Waals surface area contributed by atoms with Crippen LogP contribution in [-0.4, -0.2) is 126 Å². The molecule has 3 N–H and O–H groups in total. The van der Waals surface area contributed by atoms with Gasteiger partial charge in [-0.3, -0.25) is 14.5 Å². The topological polar surface area (TPSA) is 178 Å². The Labute approximate surface area is 339 Å². The van der Waals surface area contributed by atoms with Crippen LogP contribution in [0.15, 0.2) is 18.2 Å². The summed E-state index contributed by atoms with van der Waals surface area (Å²) in [5, 5.41) is 16.6. The van der Waals surface area contributed by atoms with Gasteiger partial charge < -0.3 is 44.3 Å². The lowest BCUT2D eigenvalue weighted by molar-refractivity contribution is -0.146. The van der Waals surface area contributed by atoms with Crippen LogP contribution < -0.4 is 24.8 Å². The van der Waals surface area contributed by atoms with Gasteiger partial charge in [0.1, 0.15) is 58.5 Å². The second-order valence-corrected chi connectivity index (χ2v) is 17.3. The molecular formula is C41H58ClN5O10. The van der Waals surface area contributed by atoms with Crippen LogP contribution >= 0.6 is 11.6 Å². The predicted octanol–water partition coefficient (Wildman–Crippen LogP) is 5.05. The molecule has 1 aromatic carbocycles. The third-order valence-corrected chi connectivity index (χ3v) is 12.0. The molecule has 2 saturated heterocycles. The monoisotopic (exact) mass is 815 g/mol. The molecule has 6 rings (SSSR count). The molecule has 2 aliphatic carbocycles. The summed E-state index contributed by atoms with van der Waals surface area (Å²) in [4.78, 5) is 62.7. The summed E-state index contributed by atoms with van der Waals surface area (Å²) in [6.07, 6.45) is 1.73. The summed E-state index contributed by atoms with van der Waals surface area (Å²) >= 11 is 6.92. The fourth-order valence-corrected chi connectivity index (χ4v) is 8.52. The zero-order valence-corrected chi connectivity index (χ0v) is 34.7. The second kappa shape index (κ2) is 17.8. The summed E-state index contributed by atoms with van der Waals surface area (Å²) < 4.78 is 29.7. The van der Waals surface area contributed by atoms with Crippen LogP contribution in [0.2, 0.25) is 5.02 Å². The minimum atomic E-state index is -1.41. The standard InChI is InChI=1S/C41H58ClN5O10/c1-7-25-22-41(25,38(50)51)45-36(48)29-20-27(23-47(29)37(49)35(40(4,5)6)44-39(52)57-26-10-9-24(3)19-26)56-31-21-32(54-8-2)43-34-28(31)11-12-30(33(34)42)55-18-15-46-13-16-53-17-14-46/h11-12,21,24-27,29,35H,7-10,13-20,22-23H2,1-6H3,(H,44,52)(H,45,48)(H,50,51)/t24-,25-,26+,27-,29+,35-,41-/m1/s1. The van der Waals surface area contributed by atoms with E-state index in [2.05, 4.69) is 27.4 Å². The number of pyridine rings is 1. The Balaban J connectivity index is 1.26.